The molecule has 0 spiro atoms. The van der Waals surface area contributed by atoms with Gasteiger partial charge < -0.3 is 0 Å². The first-order valence-corrected chi connectivity index (χ1v) is 9.83. The van der Waals surface area contributed by atoms with Crippen LogP contribution in [0.25, 0.3) is 38.9 Å². The summed E-state index contributed by atoms with van der Waals surface area (Å²) < 4.78 is 3.64. The van der Waals surface area contributed by atoms with Crippen molar-refractivity contribution in [1.82, 2.24) is 24.1 Å². The third-order valence-electron chi connectivity index (χ3n) is 5.51. The Morgan fingerprint density at radius 3 is 2.48 bits per heavy atom. The van der Waals surface area contributed by atoms with Gasteiger partial charge in [0.1, 0.15) is 17.2 Å². The van der Waals surface area contributed by atoms with Crippen molar-refractivity contribution in [2.75, 3.05) is 0 Å². The van der Waals surface area contributed by atoms with E-state index in [1.54, 1.807) is 10.9 Å². The zero-order valence-corrected chi connectivity index (χ0v) is 16.6. The maximum Gasteiger partial charge on any atom is 0.265 e. The highest BCUT2D eigenvalue weighted by molar-refractivity contribution is 6.05. The Morgan fingerprint density at radius 1 is 1.00 bits per heavy atom. The number of para-hydroxylation sites is 2. The second-order valence-electron chi connectivity index (χ2n) is 7.47. The molecule has 5 rings (SSSR count). The first-order chi connectivity index (χ1) is 14.1. The van der Waals surface area contributed by atoms with E-state index in [1.807, 2.05) is 60.9 Å². The molecule has 0 amide bonds. The van der Waals surface area contributed by atoms with Gasteiger partial charge in [0.05, 0.1) is 11.0 Å². The summed E-state index contributed by atoms with van der Waals surface area (Å²) in [6.45, 7) is 6.13. The Hall–Kier alpha value is -3.54. The van der Waals surface area contributed by atoms with Crippen LogP contribution in [0.15, 0.2) is 59.7 Å². The van der Waals surface area contributed by atoms with Gasteiger partial charge >= 0.3 is 0 Å². The lowest BCUT2D eigenvalue weighted by molar-refractivity contribution is 0.510. The van der Waals surface area contributed by atoms with E-state index in [0.717, 1.165) is 28.7 Å². The molecule has 0 fully saturated rings. The van der Waals surface area contributed by atoms with Gasteiger partial charge in [-0.25, -0.2) is 15.0 Å². The largest absolute Gasteiger partial charge is 0.296 e. The minimum Gasteiger partial charge on any atom is -0.296 e. The van der Waals surface area contributed by atoms with Crippen LogP contribution in [0, 0.1) is 6.92 Å². The van der Waals surface area contributed by atoms with Crippen LogP contribution in [0.3, 0.4) is 0 Å². The Morgan fingerprint density at radius 2 is 1.76 bits per heavy atom. The number of hydrogen-bond acceptors (Lipinski definition) is 4. The third kappa shape index (κ3) is 2.63. The van der Waals surface area contributed by atoms with Crippen LogP contribution in [-0.4, -0.2) is 24.1 Å². The summed E-state index contributed by atoms with van der Waals surface area (Å²) in [6.07, 6.45) is 2.49. The van der Waals surface area contributed by atoms with E-state index in [-0.39, 0.29) is 11.6 Å². The van der Waals surface area contributed by atoms with E-state index in [4.69, 9.17) is 15.0 Å². The normalized spacial score (nSPS) is 12.8. The highest BCUT2D eigenvalue weighted by atomic mass is 16.1. The first-order valence-electron chi connectivity index (χ1n) is 9.83. The van der Waals surface area contributed by atoms with Crippen molar-refractivity contribution in [2.24, 2.45) is 0 Å². The van der Waals surface area contributed by atoms with Crippen LogP contribution < -0.4 is 5.56 Å². The highest BCUT2D eigenvalue weighted by Crippen LogP contribution is 2.28. The summed E-state index contributed by atoms with van der Waals surface area (Å²) in [6, 6.07) is 15.9. The summed E-state index contributed by atoms with van der Waals surface area (Å²) in [5.41, 5.74) is 5.35. The van der Waals surface area contributed by atoms with Gasteiger partial charge in [0.25, 0.3) is 5.56 Å². The summed E-state index contributed by atoms with van der Waals surface area (Å²) in [5, 5.41) is 0.516. The lowest BCUT2D eigenvalue weighted by atomic mass is 10.2. The smallest absolute Gasteiger partial charge is 0.265 e. The molecule has 1 unspecified atom stereocenters. The van der Waals surface area contributed by atoms with Gasteiger partial charge in [-0.1, -0.05) is 31.2 Å². The van der Waals surface area contributed by atoms with Gasteiger partial charge in [-0.2, -0.15) is 0 Å². The Labute approximate surface area is 167 Å². The van der Waals surface area contributed by atoms with E-state index in [1.165, 1.54) is 0 Å². The van der Waals surface area contributed by atoms with Crippen LogP contribution >= 0.6 is 0 Å². The van der Waals surface area contributed by atoms with Gasteiger partial charge in [0, 0.05) is 11.7 Å². The fraction of sp³-hybridized carbons (Fsp3) is 0.217. The number of aryl methyl sites for hydroxylation is 1. The first kappa shape index (κ1) is 17.6. The molecule has 0 radical (unpaired) electrons. The molecule has 3 aromatic heterocycles. The quantitative estimate of drug-likeness (QED) is 0.458. The van der Waals surface area contributed by atoms with Crippen molar-refractivity contribution >= 4 is 33.2 Å². The summed E-state index contributed by atoms with van der Waals surface area (Å²) >= 11 is 0. The summed E-state index contributed by atoms with van der Waals surface area (Å²) in [4.78, 5) is 27.8. The molecule has 0 saturated heterocycles. The molecule has 0 aliphatic heterocycles. The topological polar surface area (TPSA) is 65.6 Å². The molecule has 0 bridgehead atoms. The fourth-order valence-electron chi connectivity index (χ4n) is 3.77. The van der Waals surface area contributed by atoms with Crippen molar-refractivity contribution in [3.8, 4) is 5.69 Å². The van der Waals surface area contributed by atoms with Crippen LogP contribution in [0.2, 0.25) is 0 Å². The van der Waals surface area contributed by atoms with Crippen molar-refractivity contribution < 1.29 is 0 Å². The second kappa shape index (κ2) is 6.51. The molecule has 2 aromatic carbocycles. The average Bonchev–Trinajstić information content (AvgIpc) is 3.05. The van der Waals surface area contributed by atoms with Crippen LogP contribution in [0.5, 0.6) is 0 Å². The Kier molecular flexibility index (Phi) is 3.94. The lowest BCUT2D eigenvalue weighted by Crippen LogP contribution is -2.23. The van der Waals surface area contributed by atoms with E-state index in [9.17, 15) is 4.79 Å². The van der Waals surface area contributed by atoms with Crippen LogP contribution in [-0.2, 0) is 0 Å². The fourth-order valence-corrected chi connectivity index (χ4v) is 3.77. The third-order valence-corrected chi connectivity index (χ3v) is 5.51. The molecule has 0 saturated carbocycles. The average molecular weight is 383 g/mol. The molecular weight excluding hydrogens is 362 g/mol. The van der Waals surface area contributed by atoms with Crippen molar-refractivity contribution in [3.63, 3.8) is 0 Å². The summed E-state index contributed by atoms with van der Waals surface area (Å²) in [5.74, 6) is 0. The molecule has 5 aromatic rings. The molecule has 3 heterocycles. The molecule has 1 atom stereocenters. The van der Waals surface area contributed by atoms with Gasteiger partial charge in [-0.3, -0.25) is 13.9 Å². The van der Waals surface area contributed by atoms with Gasteiger partial charge in [-0.05, 0) is 50.1 Å². The predicted molar refractivity (Wildman–Crippen MR) is 116 cm³/mol. The minimum atomic E-state index is -0.0784. The molecule has 6 heteroatoms. The SMILES string of the molecule is CCC(C)n1cnc2c(c1=O)c1nc3ccccc3nc1n2-c1cccc(C)c1. The van der Waals surface area contributed by atoms with Gasteiger partial charge in [0.2, 0.25) is 0 Å². The molecule has 6 nitrogen and oxygen atoms in total. The highest BCUT2D eigenvalue weighted by Gasteiger charge is 2.21. The van der Waals surface area contributed by atoms with E-state index < -0.39 is 0 Å². The van der Waals surface area contributed by atoms with Crippen molar-refractivity contribution in [1.29, 1.82) is 0 Å². The molecule has 29 heavy (non-hydrogen) atoms. The van der Waals surface area contributed by atoms with E-state index in [0.29, 0.717) is 22.2 Å². The van der Waals surface area contributed by atoms with E-state index >= 15 is 0 Å². The predicted octanol–water partition coefficient (Wildman–Crippen LogP) is 4.56. The van der Waals surface area contributed by atoms with Gasteiger partial charge in [-0.15, -0.1) is 0 Å². The number of nitrogens with zero attached hydrogens (tertiary/aromatic N) is 5. The van der Waals surface area contributed by atoms with Gasteiger partial charge in [0.15, 0.2) is 11.3 Å². The lowest BCUT2D eigenvalue weighted by Gasteiger charge is -2.12. The Balaban J connectivity index is 2.00. The zero-order valence-electron chi connectivity index (χ0n) is 16.6. The maximum absolute atomic E-state index is 13.4. The number of aromatic nitrogens is 5. The second-order valence-corrected chi connectivity index (χ2v) is 7.47. The number of hydrogen-bond donors (Lipinski definition) is 0. The zero-order chi connectivity index (χ0) is 20.1. The minimum absolute atomic E-state index is 0.0604. The molecule has 0 aliphatic rings. The standard InChI is InChI=1S/C23H21N5O/c1-4-15(3)27-13-24-21-19(23(27)29)20-22(26-18-11-6-5-10-17(18)25-20)28(21)16-9-7-8-14(2)12-16/h5-13,15H,4H2,1-3H3. The molecule has 0 aliphatic carbocycles. The number of benzene rings is 2. The van der Waals surface area contributed by atoms with Crippen molar-refractivity contribution in [3.05, 3.63) is 70.8 Å². The maximum atomic E-state index is 13.4. The van der Waals surface area contributed by atoms with E-state index in [2.05, 4.69) is 13.0 Å². The van der Waals surface area contributed by atoms with Crippen LogP contribution in [0.4, 0.5) is 0 Å². The number of fused-ring (bicyclic) bond motifs is 4. The van der Waals surface area contributed by atoms with Crippen molar-refractivity contribution in [2.45, 2.75) is 33.2 Å². The summed E-state index contributed by atoms with van der Waals surface area (Å²) in [7, 11) is 0. The monoisotopic (exact) mass is 383 g/mol. The molecule has 144 valence electrons. The van der Waals surface area contributed by atoms with Crippen LogP contribution in [0.1, 0.15) is 31.9 Å². The molecule has 0 N–H and O–H groups in total. The molecular formula is C23H21N5O. The Bertz CT molecular complexity index is 1450. The number of rotatable bonds is 3.